The van der Waals surface area contributed by atoms with Gasteiger partial charge in [-0.25, -0.2) is 8.42 Å². The summed E-state index contributed by atoms with van der Waals surface area (Å²) in [5.74, 6) is -0.436. The standard InChI is InChI=1S/C16H17NO4S/c1-2-21-16(18)12-17-14-10-6-7-11-15(14)22(19,20)13-8-4-3-5-9-13/h3-11,17H,2,12H2,1H3. The minimum absolute atomic E-state index is 0.0881. The van der Waals surface area contributed by atoms with Gasteiger partial charge in [-0.2, -0.15) is 0 Å². The van der Waals surface area contributed by atoms with Crippen LogP contribution in [-0.4, -0.2) is 27.5 Å². The molecule has 0 spiro atoms. The van der Waals surface area contributed by atoms with Gasteiger partial charge >= 0.3 is 5.97 Å². The van der Waals surface area contributed by atoms with Crippen LogP contribution in [0.1, 0.15) is 6.92 Å². The summed E-state index contributed by atoms with van der Waals surface area (Å²) in [6, 6.07) is 14.6. The van der Waals surface area contributed by atoms with Crippen molar-refractivity contribution in [1.82, 2.24) is 0 Å². The van der Waals surface area contributed by atoms with Gasteiger partial charge in [-0.05, 0) is 31.2 Å². The number of anilines is 1. The van der Waals surface area contributed by atoms with Gasteiger partial charge in [-0.3, -0.25) is 4.79 Å². The number of benzene rings is 2. The summed E-state index contributed by atoms with van der Waals surface area (Å²) in [4.78, 5) is 11.8. The van der Waals surface area contributed by atoms with Crippen LogP contribution < -0.4 is 5.32 Å². The molecule has 0 bridgehead atoms. The first-order valence-corrected chi connectivity index (χ1v) is 8.32. The fourth-order valence-electron chi connectivity index (χ4n) is 1.95. The average Bonchev–Trinajstić information content (AvgIpc) is 2.54. The quantitative estimate of drug-likeness (QED) is 0.828. The van der Waals surface area contributed by atoms with Crippen LogP contribution in [0.2, 0.25) is 0 Å². The monoisotopic (exact) mass is 319 g/mol. The third-order valence-corrected chi connectivity index (χ3v) is 4.79. The van der Waals surface area contributed by atoms with Crippen molar-refractivity contribution in [3.05, 3.63) is 54.6 Å². The van der Waals surface area contributed by atoms with E-state index < -0.39 is 15.8 Å². The number of carbonyl (C=O) groups excluding carboxylic acids is 1. The summed E-state index contributed by atoms with van der Waals surface area (Å²) >= 11 is 0. The zero-order valence-corrected chi connectivity index (χ0v) is 13.0. The second-order valence-electron chi connectivity index (χ2n) is 4.47. The number of hydrogen-bond acceptors (Lipinski definition) is 5. The molecule has 116 valence electrons. The number of ether oxygens (including phenoxy) is 1. The number of para-hydroxylation sites is 1. The fraction of sp³-hybridized carbons (Fsp3) is 0.188. The molecule has 0 amide bonds. The maximum absolute atomic E-state index is 12.7. The van der Waals surface area contributed by atoms with Crippen molar-refractivity contribution in [1.29, 1.82) is 0 Å². The van der Waals surface area contributed by atoms with Crippen LogP contribution in [-0.2, 0) is 19.4 Å². The smallest absolute Gasteiger partial charge is 0.325 e. The Balaban J connectivity index is 2.30. The van der Waals surface area contributed by atoms with Crippen molar-refractivity contribution in [3.63, 3.8) is 0 Å². The minimum atomic E-state index is -3.64. The van der Waals surface area contributed by atoms with E-state index in [0.717, 1.165) is 0 Å². The lowest BCUT2D eigenvalue weighted by atomic mass is 10.3. The molecule has 0 fully saturated rings. The van der Waals surface area contributed by atoms with Gasteiger partial charge in [0.05, 0.1) is 22.1 Å². The van der Waals surface area contributed by atoms with E-state index in [2.05, 4.69) is 5.32 Å². The molecule has 0 saturated heterocycles. The highest BCUT2D eigenvalue weighted by atomic mass is 32.2. The van der Waals surface area contributed by atoms with Crippen LogP contribution in [0.4, 0.5) is 5.69 Å². The average molecular weight is 319 g/mol. The van der Waals surface area contributed by atoms with Crippen molar-refractivity contribution in [2.45, 2.75) is 16.7 Å². The van der Waals surface area contributed by atoms with Gasteiger partial charge in [0.2, 0.25) is 9.84 Å². The molecule has 2 aromatic carbocycles. The summed E-state index contributed by atoms with van der Waals surface area (Å²) < 4.78 is 30.2. The fourth-order valence-corrected chi connectivity index (χ4v) is 3.41. The molecule has 1 N–H and O–H groups in total. The molecule has 5 nitrogen and oxygen atoms in total. The topological polar surface area (TPSA) is 72.5 Å². The molecule has 0 aliphatic rings. The van der Waals surface area contributed by atoms with E-state index in [4.69, 9.17) is 4.74 Å². The predicted molar refractivity (Wildman–Crippen MR) is 83.5 cm³/mol. The van der Waals surface area contributed by atoms with Crippen LogP contribution in [0.5, 0.6) is 0 Å². The Bertz CT molecular complexity index is 742. The van der Waals surface area contributed by atoms with E-state index >= 15 is 0 Å². The molecule has 0 aliphatic heterocycles. The number of carbonyl (C=O) groups is 1. The van der Waals surface area contributed by atoms with Crippen LogP contribution in [0.25, 0.3) is 0 Å². The molecule has 6 heteroatoms. The summed E-state index contributed by atoms with van der Waals surface area (Å²) in [7, 11) is -3.64. The van der Waals surface area contributed by atoms with Crippen molar-refractivity contribution < 1.29 is 17.9 Å². The molecule has 0 unspecified atom stereocenters. The van der Waals surface area contributed by atoms with Gasteiger partial charge in [0, 0.05) is 0 Å². The molecule has 0 aliphatic carbocycles. The van der Waals surface area contributed by atoms with Crippen LogP contribution in [0.3, 0.4) is 0 Å². The molecule has 0 atom stereocenters. The maximum Gasteiger partial charge on any atom is 0.325 e. The number of sulfone groups is 1. The normalized spacial score (nSPS) is 11.0. The lowest BCUT2D eigenvalue weighted by Gasteiger charge is -2.12. The lowest BCUT2D eigenvalue weighted by molar-refractivity contribution is -0.140. The van der Waals surface area contributed by atoms with Crippen molar-refractivity contribution in [2.24, 2.45) is 0 Å². The molecule has 0 saturated carbocycles. The highest BCUT2D eigenvalue weighted by Crippen LogP contribution is 2.27. The largest absolute Gasteiger partial charge is 0.465 e. The van der Waals surface area contributed by atoms with Crippen LogP contribution in [0, 0.1) is 0 Å². The lowest BCUT2D eigenvalue weighted by Crippen LogP contribution is -2.18. The second-order valence-corrected chi connectivity index (χ2v) is 6.39. The Morgan fingerprint density at radius 1 is 1.05 bits per heavy atom. The molecular formula is C16H17NO4S. The first-order chi connectivity index (χ1) is 10.6. The summed E-state index contributed by atoms with van der Waals surface area (Å²) in [5.41, 5.74) is 0.374. The summed E-state index contributed by atoms with van der Waals surface area (Å²) in [6.07, 6.45) is 0. The Morgan fingerprint density at radius 3 is 2.36 bits per heavy atom. The minimum Gasteiger partial charge on any atom is -0.465 e. The van der Waals surface area contributed by atoms with Crippen LogP contribution in [0.15, 0.2) is 64.4 Å². The van der Waals surface area contributed by atoms with Gasteiger partial charge < -0.3 is 10.1 Å². The molecule has 2 rings (SSSR count). The first-order valence-electron chi connectivity index (χ1n) is 6.84. The van der Waals surface area contributed by atoms with Gasteiger partial charge in [-0.1, -0.05) is 30.3 Å². The molecule has 0 heterocycles. The number of hydrogen-bond donors (Lipinski definition) is 1. The van der Waals surface area contributed by atoms with Gasteiger partial charge in [-0.15, -0.1) is 0 Å². The third kappa shape index (κ3) is 3.65. The zero-order chi connectivity index (χ0) is 16.0. The zero-order valence-electron chi connectivity index (χ0n) is 12.2. The van der Waals surface area contributed by atoms with E-state index in [1.54, 1.807) is 43.3 Å². The van der Waals surface area contributed by atoms with E-state index in [-0.39, 0.29) is 22.9 Å². The Hall–Kier alpha value is -2.34. The van der Waals surface area contributed by atoms with Gasteiger partial charge in [0.1, 0.15) is 6.54 Å². The highest BCUT2D eigenvalue weighted by Gasteiger charge is 2.20. The molecule has 2 aromatic rings. The Morgan fingerprint density at radius 2 is 1.68 bits per heavy atom. The first kappa shape index (κ1) is 16.0. The van der Waals surface area contributed by atoms with E-state index in [1.807, 2.05) is 0 Å². The molecule has 0 aromatic heterocycles. The Labute approximate surface area is 129 Å². The van der Waals surface area contributed by atoms with E-state index in [1.165, 1.54) is 18.2 Å². The third-order valence-electron chi connectivity index (χ3n) is 2.96. The number of nitrogens with one attached hydrogen (secondary N) is 1. The molecule has 22 heavy (non-hydrogen) atoms. The van der Waals surface area contributed by atoms with E-state index in [9.17, 15) is 13.2 Å². The Kier molecular flexibility index (Phi) is 5.16. The van der Waals surface area contributed by atoms with E-state index in [0.29, 0.717) is 5.69 Å². The van der Waals surface area contributed by atoms with Gasteiger partial charge in [0.15, 0.2) is 0 Å². The second kappa shape index (κ2) is 7.09. The van der Waals surface area contributed by atoms with Crippen molar-refractivity contribution in [2.75, 3.05) is 18.5 Å². The number of esters is 1. The predicted octanol–water partition coefficient (Wildman–Crippen LogP) is 2.49. The summed E-state index contributed by atoms with van der Waals surface area (Å²) in [5, 5.41) is 2.82. The summed E-state index contributed by atoms with van der Waals surface area (Å²) in [6.45, 7) is 1.91. The maximum atomic E-state index is 12.7. The van der Waals surface area contributed by atoms with Gasteiger partial charge in [0.25, 0.3) is 0 Å². The van der Waals surface area contributed by atoms with Crippen LogP contribution >= 0.6 is 0 Å². The molecular weight excluding hydrogens is 302 g/mol. The van der Waals surface area contributed by atoms with Crippen molar-refractivity contribution in [3.8, 4) is 0 Å². The highest BCUT2D eigenvalue weighted by molar-refractivity contribution is 7.91. The van der Waals surface area contributed by atoms with Crippen molar-refractivity contribution >= 4 is 21.5 Å². The SMILES string of the molecule is CCOC(=O)CNc1ccccc1S(=O)(=O)c1ccccc1. The molecule has 0 radical (unpaired) electrons. The number of rotatable bonds is 6.